The van der Waals surface area contributed by atoms with Gasteiger partial charge < -0.3 is 0 Å². The summed E-state index contributed by atoms with van der Waals surface area (Å²) in [6.45, 7) is 2.13. The van der Waals surface area contributed by atoms with Crippen LogP contribution in [0.15, 0.2) is 23.1 Å². The zero-order valence-electron chi connectivity index (χ0n) is 8.83. The maximum atomic E-state index is 13.4. The standard InChI is InChI=1S/C12H15FOS/c1-2-3-4-8-15-12-10(9-14)6-5-7-11(12)13/h5-7,9H,2-4,8H2,1H3. The molecule has 0 fully saturated rings. The molecule has 0 unspecified atom stereocenters. The van der Waals surface area contributed by atoms with Gasteiger partial charge in [0.15, 0.2) is 6.29 Å². The van der Waals surface area contributed by atoms with Gasteiger partial charge in [-0.3, -0.25) is 4.79 Å². The van der Waals surface area contributed by atoms with Gasteiger partial charge in [0.2, 0.25) is 0 Å². The minimum Gasteiger partial charge on any atom is -0.298 e. The van der Waals surface area contributed by atoms with E-state index in [2.05, 4.69) is 6.92 Å². The number of hydrogen-bond donors (Lipinski definition) is 0. The third-order valence-electron chi connectivity index (χ3n) is 2.12. The Kier molecular flexibility index (Phi) is 5.40. The Labute approximate surface area is 94.1 Å². The van der Waals surface area contributed by atoms with Gasteiger partial charge in [-0.15, -0.1) is 11.8 Å². The molecule has 0 aromatic heterocycles. The van der Waals surface area contributed by atoms with Crippen LogP contribution >= 0.6 is 11.8 Å². The molecule has 0 saturated carbocycles. The number of aldehydes is 1. The van der Waals surface area contributed by atoms with Crippen molar-refractivity contribution in [3.63, 3.8) is 0 Å². The lowest BCUT2D eigenvalue weighted by molar-refractivity contribution is 0.112. The van der Waals surface area contributed by atoms with E-state index in [-0.39, 0.29) is 5.82 Å². The molecule has 0 heterocycles. The van der Waals surface area contributed by atoms with Gasteiger partial charge in [0.1, 0.15) is 5.82 Å². The Hall–Kier alpha value is -0.830. The van der Waals surface area contributed by atoms with Gasteiger partial charge in [-0.2, -0.15) is 0 Å². The van der Waals surface area contributed by atoms with Crippen LogP contribution in [0.4, 0.5) is 4.39 Å². The first-order valence-electron chi connectivity index (χ1n) is 5.16. The molecule has 3 heteroatoms. The summed E-state index contributed by atoms with van der Waals surface area (Å²) in [4.78, 5) is 11.2. The van der Waals surface area contributed by atoms with Crippen LogP contribution in [0.25, 0.3) is 0 Å². The van der Waals surface area contributed by atoms with Crippen LogP contribution in [0.1, 0.15) is 36.5 Å². The van der Waals surface area contributed by atoms with E-state index in [4.69, 9.17) is 0 Å². The number of carbonyl (C=O) groups is 1. The Morgan fingerprint density at radius 1 is 1.40 bits per heavy atom. The van der Waals surface area contributed by atoms with Crippen LogP contribution in [0.5, 0.6) is 0 Å². The lowest BCUT2D eigenvalue weighted by Crippen LogP contribution is -1.91. The highest BCUT2D eigenvalue weighted by Gasteiger charge is 2.07. The van der Waals surface area contributed by atoms with E-state index in [1.807, 2.05) is 0 Å². The summed E-state index contributed by atoms with van der Waals surface area (Å²) in [5.74, 6) is 0.580. The molecule has 1 rings (SSSR count). The quantitative estimate of drug-likeness (QED) is 0.415. The molecule has 0 saturated heterocycles. The average Bonchev–Trinajstić information content (AvgIpc) is 2.26. The van der Waals surface area contributed by atoms with Crippen LogP contribution in [-0.4, -0.2) is 12.0 Å². The van der Waals surface area contributed by atoms with Gasteiger partial charge in [-0.25, -0.2) is 4.39 Å². The first-order chi connectivity index (χ1) is 7.29. The number of benzene rings is 1. The summed E-state index contributed by atoms with van der Waals surface area (Å²) in [5, 5.41) is 0. The molecule has 0 aliphatic heterocycles. The van der Waals surface area contributed by atoms with Gasteiger partial charge in [0.25, 0.3) is 0 Å². The number of thioether (sulfide) groups is 1. The van der Waals surface area contributed by atoms with Gasteiger partial charge in [-0.05, 0) is 18.2 Å². The summed E-state index contributed by atoms with van der Waals surface area (Å²) in [5.41, 5.74) is 0.455. The smallest absolute Gasteiger partial charge is 0.151 e. The lowest BCUT2D eigenvalue weighted by Gasteiger charge is -2.05. The van der Waals surface area contributed by atoms with Crippen LogP contribution in [-0.2, 0) is 0 Å². The molecule has 0 aliphatic rings. The highest BCUT2D eigenvalue weighted by Crippen LogP contribution is 2.25. The topological polar surface area (TPSA) is 17.1 Å². The molecular formula is C12H15FOS. The van der Waals surface area contributed by atoms with E-state index in [0.29, 0.717) is 16.7 Å². The first-order valence-corrected chi connectivity index (χ1v) is 6.14. The Bertz CT molecular complexity index is 325. The van der Waals surface area contributed by atoms with E-state index in [9.17, 15) is 9.18 Å². The van der Waals surface area contributed by atoms with E-state index >= 15 is 0 Å². The second-order valence-corrected chi connectivity index (χ2v) is 4.44. The van der Waals surface area contributed by atoms with Crippen molar-refractivity contribution < 1.29 is 9.18 Å². The molecule has 15 heavy (non-hydrogen) atoms. The van der Waals surface area contributed by atoms with Gasteiger partial charge in [0.05, 0.1) is 4.90 Å². The summed E-state index contributed by atoms with van der Waals surface area (Å²) in [6, 6.07) is 4.61. The summed E-state index contributed by atoms with van der Waals surface area (Å²) in [7, 11) is 0. The molecule has 1 nitrogen and oxygen atoms in total. The SMILES string of the molecule is CCCCCSc1c(F)cccc1C=O. The molecule has 0 radical (unpaired) electrons. The van der Waals surface area contributed by atoms with Crippen molar-refractivity contribution in [3.05, 3.63) is 29.6 Å². The predicted octanol–water partition coefficient (Wildman–Crippen LogP) is 3.92. The molecule has 0 atom stereocenters. The number of hydrogen-bond acceptors (Lipinski definition) is 2. The third-order valence-corrected chi connectivity index (χ3v) is 3.33. The van der Waals surface area contributed by atoms with Crippen molar-refractivity contribution in [2.75, 3.05) is 5.75 Å². The maximum Gasteiger partial charge on any atom is 0.151 e. The highest BCUT2D eigenvalue weighted by atomic mass is 32.2. The Morgan fingerprint density at radius 2 is 2.20 bits per heavy atom. The fourth-order valence-corrected chi connectivity index (χ4v) is 2.34. The van der Waals surface area contributed by atoms with E-state index in [1.165, 1.54) is 17.8 Å². The van der Waals surface area contributed by atoms with Crippen LogP contribution in [0.3, 0.4) is 0 Å². The van der Waals surface area contributed by atoms with Gasteiger partial charge in [-0.1, -0.05) is 31.9 Å². The van der Waals surface area contributed by atoms with Crippen molar-refractivity contribution in [2.24, 2.45) is 0 Å². The number of rotatable bonds is 6. The first kappa shape index (κ1) is 12.2. The monoisotopic (exact) mass is 226 g/mol. The minimum atomic E-state index is -0.291. The zero-order valence-corrected chi connectivity index (χ0v) is 9.65. The Balaban J connectivity index is 2.62. The molecule has 0 N–H and O–H groups in total. The molecule has 1 aromatic rings. The minimum absolute atomic E-state index is 0.291. The Morgan fingerprint density at radius 3 is 2.87 bits per heavy atom. The van der Waals surface area contributed by atoms with Crippen molar-refractivity contribution >= 4 is 18.0 Å². The number of unbranched alkanes of at least 4 members (excludes halogenated alkanes) is 2. The van der Waals surface area contributed by atoms with Gasteiger partial charge >= 0.3 is 0 Å². The molecule has 82 valence electrons. The maximum absolute atomic E-state index is 13.4. The summed E-state index contributed by atoms with van der Waals surface area (Å²) >= 11 is 1.43. The number of carbonyl (C=O) groups excluding carboxylic acids is 1. The van der Waals surface area contributed by atoms with Gasteiger partial charge in [0, 0.05) is 5.56 Å². The van der Waals surface area contributed by atoms with Crippen molar-refractivity contribution in [2.45, 2.75) is 31.1 Å². The molecule has 1 aromatic carbocycles. The summed E-state index contributed by atoms with van der Waals surface area (Å²) in [6.07, 6.45) is 4.08. The highest BCUT2D eigenvalue weighted by molar-refractivity contribution is 7.99. The fourth-order valence-electron chi connectivity index (χ4n) is 1.30. The molecule has 0 bridgehead atoms. The normalized spacial score (nSPS) is 10.3. The largest absolute Gasteiger partial charge is 0.298 e. The van der Waals surface area contributed by atoms with Crippen LogP contribution in [0.2, 0.25) is 0 Å². The molecule has 0 spiro atoms. The van der Waals surface area contributed by atoms with E-state index in [0.717, 1.165) is 25.0 Å². The zero-order chi connectivity index (χ0) is 11.1. The second kappa shape index (κ2) is 6.62. The van der Waals surface area contributed by atoms with E-state index < -0.39 is 0 Å². The molecule has 0 amide bonds. The van der Waals surface area contributed by atoms with E-state index in [1.54, 1.807) is 12.1 Å². The second-order valence-electron chi connectivity index (χ2n) is 3.33. The third kappa shape index (κ3) is 3.67. The van der Waals surface area contributed by atoms with Crippen molar-refractivity contribution in [3.8, 4) is 0 Å². The van der Waals surface area contributed by atoms with Crippen molar-refractivity contribution in [1.82, 2.24) is 0 Å². The van der Waals surface area contributed by atoms with Crippen molar-refractivity contribution in [1.29, 1.82) is 0 Å². The molecular weight excluding hydrogens is 211 g/mol. The average molecular weight is 226 g/mol. The number of halogens is 1. The predicted molar refractivity (Wildman–Crippen MR) is 62.0 cm³/mol. The van der Waals surface area contributed by atoms with Crippen LogP contribution in [0, 0.1) is 5.82 Å². The van der Waals surface area contributed by atoms with Crippen LogP contribution < -0.4 is 0 Å². The summed E-state index contributed by atoms with van der Waals surface area (Å²) < 4.78 is 13.4. The lowest BCUT2D eigenvalue weighted by atomic mass is 10.2. The fraction of sp³-hybridized carbons (Fsp3) is 0.417. The molecule has 0 aliphatic carbocycles.